The summed E-state index contributed by atoms with van der Waals surface area (Å²) in [6, 6.07) is 8.48. The Balaban J connectivity index is 1.51. The summed E-state index contributed by atoms with van der Waals surface area (Å²) < 4.78 is 5.46. The molecule has 1 amide bonds. The maximum absolute atomic E-state index is 12.7. The number of methoxy groups -OCH3 is 1. The lowest BCUT2D eigenvalue weighted by Crippen LogP contribution is -2.44. The highest BCUT2D eigenvalue weighted by molar-refractivity contribution is 5.79. The summed E-state index contributed by atoms with van der Waals surface area (Å²) in [4.78, 5) is 14.8. The van der Waals surface area contributed by atoms with Crippen molar-refractivity contribution >= 4 is 5.91 Å². The van der Waals surface area contributed by atoms with Gasteiger partial charge in [0.05, 0.1) is 7.11 Å². The number of ether oxygens (including phenoxy) is 1. The molecule has 3 rings (SSSR count). The SMILES string of the molecule is COc1ccccc1CC1CCN(C(=O)C2CCCC(N)C2)CC1. The van der Waals surface area contributed by atoms with Crippen molar-refractivity contribution in [3.63, 3.8) is 0 Å². The highest BCUT2D eigenvalue weighted by Crippen LogP contribution is 2.29. The fourth-order valence-electron chi connectivity index (χ4n) is 4.25. The minimum atomic E-state index is 0.166. The van der Waals surface area contributed by atoms with Crippen LogP contribution in [0.2, 0.25) is 0 Å². The molecule has 4 heteroatoms. The van der Waals surface area contributed by atoms with Gasteiger partial charge in [-0.15, -0.1) is 0 Å². The predicted molar refractivity (Wildman–Crippen MR) is 95.9 cm³/mol. The van der Waals surface area contributed by atoms with Crippen LogP contribution < -0.4 is 10.5 Å². The lowest BCUT2D eigenvalue weighted by atomic mass is 9.84. The Morgan fingerprint density at radius 1 is 1.21 bits per heavy atom. The Labute approximate surface area is 145 Å². The molecule has 2 aliphatic rings. The number of rotatable bonds is 4. The van der Waals surface area contributed by atoms with Gasteiger partial charge >= 0.3 is 0 Å². The molecule has 1 aliphatic heterocycles. The van der Waals surface area contributed by atoms with Crippen LogP contribution in [0.25, 0.3) is 0 Å². The third-order valence-electron chi connectivity index (χ3n) is 5.69. The summed E-state index contributed by atoms with van der Waals surface area (Å²) in [6.45, 7) is 1.79. The van der Waals surface area contributed by atoms with E-state index in [0.29, 0.717) is 11.8 Å². The van der Waals surface area contributed by atoms with E-state index in [-0.39, 0.29) is 12.0 Å². The van der Waals surface area contributed by atoms with Crippen LogP contribution in [0, 0.1) is 11.8 Å². The first-order chi connectivity index (χ1) is 11.7. The molecule has 24 heavy (non-hydrogen) atoms. The van der Waals surface area contributed by atoms with Gasteiger partial charge in [0.25, 0.3) is 0 Å². The topological polar surface area (TPSA) is 55.6 Å². The number of carbonyl (C=O) groups is 1. The van der Waals surface area contributed by atoms with Crippen molar-refractivity contribution in [2.24, 2.45) is 17.6 Å². The van der Waals surface area contributed by atoms with Gasteiger partial charge in [0.15, 0.2) is 0 Å². The molecule has 2 N–H and O–H groups in total. The third-order valence-corrected chi connectivity index (χ3v) is 5.69. The number of carbonyl (C=O) groups excluding carboxylic acids is 1. The number of hydrogen-bond acceptors (Lipinski definition) is 3. The van der Waals surface area contributed by atoms with Crippen LogP contribution in [-0.4, -0.2) is 37.0 Å². The van der Waals surface area contributed by atoms with E-state index in [9.17, 15) is 4.79 Å². The van der Waals surface area contributed by atoms with Gasteiger partial charge in [-0.05, 0) is 56.1 Å². The first-order valence-corrected chi connectivity index (χ1v) is 9.33. The van der Waals surface area contributed by atoms with Crippen molar-refractivity contribution in [3.05, 3.63) is 29.8 Å². The molecule has 0 radical (unpaired) electrons. The number of hydrogen-bond donors (Lipinski definition) is 1. The second-order valence-corrected chi connectivity index (χ2v) is 7.41. The molecule has 0 bridgehead atoms. The van der Waals surface area contributed by atoms with Crippen LogP contribution in [0.1, 0.15) is 44.1 Å². The second kappa shape index (κ2) is 8.02. The Kier molecular flexibility index (Phi) is 5.77. The predicted octanol–water partition coefficient (Wildman–Crippen LogP) is 2.99. The number of likely N-dealkylation sites (tertiary alicyclic amines) is 1. The first-order valence-electron chi connectivity index (χ1n) is 9.33. The zero-order valence-corrected chi connectivity index (χ0v) is 14.7. The molecule has 2 unspecified atom stereocenters. The molecule has 2 atom stereocenters. The van der Waals surface area contributed by atoms with Gasteiger partial charge in [0.1, 0.15) is 5.75 Å². The van der Waals surface area contributed by atoms with Gasteiger partial charge in [-0.2, -0.15) is 0 Å². The van der Waals surface area contributed by atoms with E-state index in [1.807, 2.05) is 12.1 Å². The zero-order valence-electron chi connectivity index (χ0n) is 14.7. The molecular weight excluding hydrogens is 300 g/mol. The third kappa shape index (κ3) is 4.10. The van der Waals surface area contributed by atoms with Crippen molar-refractivity contribution in [2.45, 2.75) is 51.0 Å². The quantitative estimate of drug-likeness (QED) is 0.923. The summed E-state index contributed by atoms with van der Waals surface area (Å²) in [7, 11) is 1.73. The summed E-state index contributed by atoms with van der Waals surface area (Å²) >= 11 is 0. The van der Waals surface area contributed by atoms with Crippen molar-refractivity contribution in [3.8, 4) is 5.75 Å². The van der Waals surface area contributed by atoms with Crippen LogP contribution in [-0.2, 0) is 11.2 Å². The number of para-hydroxylation sites is 1. The van der Waals surface area contributed by atoms with Crippen molar-refractivity contribution in [1.82, 2.24) is 4.90 Å². The lowest BCUT2D eigenvalue weighted by Gasteiger charge is -2.36. The van der Waals surface area contributed by atoms with Gasteiger partial charge in [-0.25, -0.2) is 0 Å². The Morgan fingerprint density at radius 3 is 2.67 bits per heavy atom. The van der Waals surface area contributed by atoms with Gasteiger partial charge in [0.2, 0.25) is 5.91 Å². The fourth-order valence-corrected chi connectivity index (χ4v) is 4.25. The van der Waals surface area contributed by atoms with E-state index in [1.165, 1.54) is 5.56 Å². The largest absolute Gasteiger partial charge is 0.496 e. The summed E-state index contributed by atoms with van der Waals surface area (Å²) in [6.07, 6.45) is 7.28. The van der Waals surface area contributed by atoms with E-state index in [2.05, 4.69) is 17.0 Å². The molecule has 1 saturated carbocycles. The normalized spacial score (nSPS) is 25.5. The van der Waals surface area contributed by atoms with E-state index in [4.69, 9.17) is 10.5 Å². The van der Waals surface area contributed by atoms with Gasteiger partial charge in [-0.3, -0.25) is 4.79 Å². The molecule has 4 nitrogen and oxygen atoms in total. The summed E-state index contributed by atoms with van der Waals surface area (Å²) in [5, 5.41) is 0. The first kappa shape index (κ1) is 17.3. The molecule has 1 saturated heterocycles. The number of nitrogens with two attached hydrogens (primary N) is 1. The average Bonchev–Trinajstić information content (AvgIpc) is 2.62. The molecule has 1 aromatic carbocycles. The van der Waals surface area contributed by atoms with Gasteiger partial charge in [0, 0.05) is 25.0 Å². The van der Waals surface area contributed by atoms with Crippen molar-refractivity contribution in [2.75, 3.05) is 20.2 Å². The lowest BCUT2D eigenvalue weighted by molar-refractivity contribution is -0.138. The Bertz CT molecular complexity index is 552. The number of nitrogens with zero attached hydrogens (tertiary/aromatic N) is 1. The van der Waals surface area contributed by atoms with Crippen LogP contribution in [0.15, 0.2) is 24.3 Å². The standard InChI is InChI=1S/C20H30N2O2/c1-24-19-8-3-2-5-16(19)13-15-9-11-22(12-10-15)20(23)17-6-4-7-18(21)14-17/h2-3,5,8,15,17-18H,4,6-7,9-14,21H2,1H3. The van der Waals surface area contributed by atoms with E-state index < -0.39 is 0 Å². The zero-order chi connectivity index (χ0) is 16.9. The van der Waals surface area contributed by atoms with E-state index in [0.717, 1.165) is 63.8 Å². The molecule has 0 spiro atoms. The van der Waals surface area contributed by atoms with E-state index in [1.54, 1.807) is 7.11 Å². The number of amides is 1. The average molecular weight is 330 g/mol. The highest BCUT2D eigenvalue weighted by Gasteiger charge is 2.31. The minimum Gasteiger partial charge on any atom is -0.496 e. The van der Waals surface area contributed by atoms with E-state index >= 15 is 0 Å². The van der Waals surface area contributed by atoms with Crippen molar-refractivity contribution in [1.29, 1.82) is 0 Å². The van der Waals surface area contributed by atoms with Crippen LogP contribution in [0.3, 0.4) is 0 Å². The molecule has 1 aliphatic carbocycles. The minimum absolute atomic E-state index is 0.166. The smallest absolute Gasteiger partial charge is 0.225 e. The maximum Gasteiger partial charge on any atom is 0.225 e. The maximum atomic E-state index is 12.7. The van der Waals surface area contributed by atoms with Crippen LogP contribution in [0.4, 0.5) is 0 Å². The molecule has 0 aromatic heterocycles. The molecule has 132 valence electrons. The Hall–Kier alpha value is -1.55. The monoisotopic (exact) mass is 330 g/mol. The van der Waals surface area contributed by atoms with Gasteiger partial charge < -0.3 is 15.4 Å². The molecular formula is C20H30N2O2. The summed E-state index contributed by atoms with van der Waals surface area (Å²) in [5.74, 6) is 2.13. The van der Waals surface area contributed by atoms with Crippen LogP contribution in [0.5, 0.6) is 5.75 Å². The molecule has 2 fully saturated rings. The number of benzene rings is 1. The number of piperidine rings is 1. The highest BCUT2D eigenvalue weighted by atomic mass is 16.5. The fraction of sp³-hybridized carbons (Fsp3) is 0.650. The summed E-state index contributed by atoms with van der Waals surface area (Å²) in [5.41, 5.74) is 7.33. The second-order valence-electron chi connectivity index (χ2n) is 7.41. The van der Waals surface area contributed by atoms with Gasteiger partial charge in [-0.1, -0.05) is 24.6 Å². The molecule has 1 aromatic rings. The van der Waals surface area contributed by atoms with Crippen molar-refractivity contribution < 1.29 is 9.53 Å². The van der Waals surface area contributed by atoms with Crippen LogP contribution >= 0.6 is 0 Å². The Morgan fingerprint density at radius 2 is 1.96 bits per heavy atom. The molecule has 1 heterocycles.